The van der Waals surface area contributed by atoms with Gasteiger partial charge in [-0.3, -0.25) is 4.79 Å². The van der Waals surface area contributed by atoms with Crippen LogP contribution in [0.5, 0.6) is 11.5 Å². The second-order valence-electron chi connectivity index (χ2n) is 7.57. The maximum absolute atomic E-state index is 11.8. The van der Waals surface area contributed by atoms with E-state index in [0.717, 1.165) is 37.2 Å². The smallest absolute Gasteiger partial charge is 0.313 e. The first-order valence-electron chi connectivity index (χ1n) is 10.6. The molecule has 0 unspecified atom stereocenters. The molecule has 1 aromatic carbocycles. The number of methoxy groups -OCH3 is 2. The van der Waals surface area contributed by atoms with Crippen molar-refractivity contribution >= 4 is 5.97 Å². The van der Waals surface area contributed by atoms with Crippen molar-refractivity contribution in [2.45, 2.75) is 83.7 Å². The van der Waals surface area contributed by atoms with Crippen LogP contribution in [0.15, 0.2) is 18.2 Å². The largest absolute Gasteiger partial charge is 0.493 e. The van der Waals surface area contributed by atoms with Gasteiger partial charge in [-0.05, 0) is 37.0 Å². The van der Waals surface area contributed by atoms with Crippen LogP contribution >= 0.6 is 0 Å². The summed E-state index contributed by atoms with van der Waals surface area (Å²) >= 11 is 0. The summed E-state index contributed by atoms with van der Waals surface area (Å²) in [5, 5.41) is 0. The summed E-state index contributed by atoms with van der Waals surface area (Å²) in [6.45, 7) is 2.25. The molecule has 2 rings (SSSR count). The van der Waals surface area contributed by atoms with Crippen molar-refractivity contribution in [2.24, 2.45) is 5.92 Å². The van der Waals surface area contributed by atoms with Gasteiger partial charge >= 0.3 is 5.97 Å². The molecule has 1 aliphatic rings. The fourth-order valence-corrected chi connectivity index (χ4v) is 3.81. The molecule has 4 nitrogen and oxygen atoms in total. The first-order valence-corrected chi connectivity index (χ1v) is 10.6. The van der Waals surface area contributed by atoms with Gasteiger partial charge in [0.1, 0.15) is 6.10 Å². The fraction of sp³-hybridized carbons (Fsp3) is 0.696. The molecule has 152 valence electrons. The molecule has 4 heteroatoms. The van der Waals surface area contributed by atoms with E-state index in [1.54, 1.807) is 14.2 Å². The first kappa shape index (κ1) is 21.6. The number of hydrogen-bond donors (Lipinski definition) is 0. The number of rotatable bonds is 14. The highest BCUT2D eigenvalue weighted by atomic mass is 16.6. The van der Waals surface area contributed by atoms with E-state index in [4.69, 9.17) is 14.2 Å². The molecule has 0 amide bonds. The number of unbranched alkanes of at least 4 members (excludes halogenated alkanes) is 7. The van der Waals surface area contributed by atoms with Gasteiger partial charge in [0, 0.05) is 0 Å². The van der Waals surface area contributed by atoms with Crippen LogP contribution in [0, 0.1) is 5.92 Å². The van der Waals surface area contributed by atoms with Crippen molar-refractivity contribution in [3.63, 3.8) is 0 Å². The Labute approximate surface area is 164 Å². The molecular weight excluding hydrogens is 340 g/mol. The van der Waals surface area contributed by atoms with Gasteiger partial charge in [-0.15, -0.1) is 0 Å². The molecule has 0 aliphatic carbocycles. The maximum Gasteiger partial charge on any atom is 0.313 e. The molecule has 1 aliphatic heterocycles. The summed E-state index contributed by atoms with van der Waals surface area (Å²) in [7, 11) is 3.29. The van der Waals surface area contributed by atoms with E-state index in [9.17, 15) is 4.79 Å². The van der Waals surface area contributed by atoms with E-state index >= 15 is 0 Å². The van der Waals surface area contributed by atoms with Crippen LogP contribution in [0.2, 0.25) is 0 Å². The highest BCUT2D eigenvalue weighted by molar-refractivity contribution is 5.78. The van der Waals surface area contributed by atoms with Crippen LogP contribution in [-0.4, -0.2) is 26.3 Å². The summed E-state index contributed by atoms with van der Waals surface area (Å²) < 4.78 is 16.0. The summed E-state index contributed by atoms with van der Waals surface area (Å²) in [6.07, 6.45) is 13.2. The fourth-order valence-electron chi connectivity index (χ4n) is 3.81. The number of benzene rings is 1. The normalized spacial score (nSPS) is 18.7. The summed E-state index contributed by atoms with van der Waals surface area (Å²) in [5.41, 5.74) is 1.18. The Kier molecular flexibility index (Phi) is 9.51. The average Bonchev–Trinajstić information content (AvgIpc) is 2.69. The third-order valence-corrected chi connectivity index (χ3v) is 5.55. The number of hydrogen-bond acceptors (Lipinski definition) is 4. The lowest BCUT2D eigenvalue weighted by atomic mass is 9.87. The Morgan fingerprint density at radius 3 is 2.19 bits per heavy atom. The minimum absolute atomic E-state index is 0.00439. The van der Waals surface area contributed by atoms with Gasteiger partial charge in [0.05, 0.1) is 20.1 Å². The topological polar surface area (TPSA) is 44.8 Å². The second-order valence-corrected chi connectivity index (χ2v) is 7.57. The lowest BCUT2D eigenvalue weighted by Gasteiger charge is -2.35. The van der Waals surface area contributed by atoms with Crippen LogP contribution in [0.3, 0.4) is 0 Å². The predicted molar refractivity (Wildman–Crippen MR) is 108 cm³/mol. The quantitative estimate of drug-likeness (QED) is 0.308. The lowest BCUT2D eigenvalue weighted by Crippen LogP contribution is -2.45. The molecule has 1 saturated heterocycles. The molecule has 1 fully saturated rings. The lowest BCUT2D eigenvalue weighted by molar-refractivity contribution is -0.185. The van der Waals surface area contributed by atoms with Gasteiger partial charge in [-0.1, -0.05) is 64.4 Å². The molecule has 0 aromatic heterocycles. The van der Waals surface area contributed by atoms with Gasteiger partial charge in [0.2, 0.25) is 0 Å². The van der Waals surface area contributed by atoms with Crippen molar-refractivity contribution in [1.29, 1.82) is 0 Å². The van der Waals surface area contributed by atoms with E-state index < -0.39 is 0 Å². The summed E-state index contributed by atoms with van der Waals surface area (Å²) in [6, 6.07) is 5.99. The third-order valence-electron chi connectivity index (χ3n) is 5.55. The Morgan fingerprint density at radius 2 is 1.56 bits per heavy atom. The molecule has 27 heavy (non-hydrogen) atoms. The van der Waals surface area contributed by atoms with Crippen LogP contribution in [0.4, 0.5) is 0 Å². The molecule has 0 radical (unpaired) electrons. The number of ether oxygens (including phenoxy) is 3. The van der Waals surface area contributed by atoms with Gasteiger partial charge < -0.3 is 14.2 Å². The maximum atomic E-state index is 11.8. The summed E-state index contributed by atoms with van der Waals surface area (Å²) in [4.78, 5) is 11.8. The Bertz CT molecular complexity index is 569. The average molecular weight is 377 g/mol. The SMILES string of the molecule is CCCCCCCCCC[C@H]1C(=O)O[C@@H]1CCc1ccc(OC)c(OC)c1. The van der Waals surface area contributed by atoms with E-state index in [0.29, 0.717) is 0 Å². The molecule has 0 spiro atoms. The van der Waals surface area contributed by atoms with E-state index in [-0.39, 0.29) is 18.0 Å². The number of esters is 1. The number of aryl methyl sites for hydroxylation is 1. The zero-order chi connectivity index (χ0) is 19.5. The standard InChI is InChI=1S/C23H36O4/c1-4-5-6-7-8-9-10-11-12-19-20(27-23(19)24)15-13-18-14-16-21(25-2)22(17-18)26-3/h14,16-17,19-20H,4-13,15H2,1-3H3/t19-,20-/m1/s1. The molecular formula is C23H36O4. The minimum Gasteiger partial charge on any atom is -0.493 e. The van der Waals surface area contributed by atoms with Gasteiger partial charge in [0.15, 0.2) is 11.5 Å². The van der Waals surface area contributed by atoms with Crippen molar-refractivity contribution in [3.8, 4) is 11.5 Å². The molecule has 0 bridgehead atoms. The van der Waals surface area contributed by atoms with Crippen molar-refractivity contribution in [1.82, 2.24) is 0 Å². The predicted octanol–water partition coefficient (Wildman–Crippen LogP) is 5.71. The monoisotopic (exact) mass is 376 g/mol. The molecule has 0 saturated carbocycles. The van der Waals surface area contributed by atoms with E-state index in [2.05, 4.69) is 13.0 Å². The second kappa shape index (κ2) is 11.9. The molecule has 1 aromatic rings. The van der Waals surface area contributed by atoms with Crippen molar-refractivity contribution in [2.75, 3.05) is 14.2 Å². The van der Waals surface area contributed by atoms with Crippen LogP contribution in [0.25, 0.3) is 0 Å². The third kappa shape index (κ3) is 6.75. The van der Waals surface area contributed by atoms with E-state index in [1.165, 1.54) is 50.5 Å². The van der Waals surface area contributed by atoms with Crippen LogP contribution in [-0.2, 0) is 16.0 Å². The minimum atomic E-state index is -0.00439. The Hall–Kier alpha value is -1.71. The first-order chi connectivity index (χ1) is 13.2. The number of carbonyl (C=O) groups excluding carboxylic acids is 1. The molecule has 2 atom stereocenters. The van der Waals surface area contributed by atoms with Crippen LogP contribution < -0.4 is 9.47 Å². The molecule has 0 N–H and O–H groups in total. The van der Waals surface area contributed by atoms with Crippen molar-refractivity contribution in [3.05, 3.63) is 23.8 Å². The number of carbonyl (C=O) groups is 1. The number of cyclic esters (lactones) is 1. The van der Waals surface area contributed by atoms with Crippen LogP contribution in [0.1, 0.15) is 76.7 Å². The Balaban J connectivity index is 1.66. The van der Waals surface area contributed by atoms with Gasteiger partial charge in [-0.2, -0.15) is 0 Å². The highest BCUT2D eigenvalue weighted by Gasteiger charge is 2.41. The highest BCUT2D eigenvalue weighted by Crippen LogP contribution is 2.33. The molecule has 1 heterocycles. The van der Waals surface area contributed by atoms with Crippen molar-refractivity contribution < 1.29 is 19.0 Å². The Morgan fingerprint density at radius 1 is 0.889 bits per heavy atom. The summed E-state index contributed by atoms with van der Waals surface area (Å²) in [5.74, 6) is 1.58. The van der Waals surface area contributed by atoms with E-state index in [1.807, 2.05) is 12.1 Å². The van der Waals surface area contributed by atoms with Gasteiger partial charge in [0.25, 0.3) is 0 Å². The van der Waals surface area contributed by atoms with Gasteiger partial charge in [-0.25, -0.2) is 0 Å². The zero-order valence-electron chi connectivity index (χ0n) is 17.3. The zero-order valence-corrected chi connectivity index (χ0v) is 17.3.